The van der Waals surface area contributed by atoms with Crippen molar-refractivity contribution in [1.29, 1.82) is 0 Å². The van der Waals surface area contributed by atoms with Gasteiger partial charge >= 0.3 is 6.03 Å². The quantitative estimate of drug-likeness (QED) is 0.756. The first-order chi connectivity index (χ1) is 10.6. The van der Waals surface area contributed by atoms with Crippen molar-refractivity contribution in [2.45, 2.75) is 25.8 Å². The number of halogens is 1. The largest absolute Gasteiger partial charge is 0.394 e. The summed E-state index contributed by atoms with van der Waals surface area (Å²) in [5.41, 5.74) is 1.10. The van der Waals surface area contributed by atoms with Gasteiger partial charge in [0, 0.05) is 22.5 Å². The minimum Gasteiger partial charge on any atom is -0.394 e. The van der Waals surface area contributed by atoms with Crippen LogP contribution in [0.5, 0.6) is 0 Å². The number of aromatic nitrogens is 1. The van der Waals surface area contributed by atoms with E-state index in [1.165, 1.54) is 11.3 Å². The Labute approximate surface area is 138 Å². The molecule has 22 heavy (non-hydrogen) atoms. The van der Waals surface area contributed by atoms with E-state index in [2.05, 4.69) is 15.6 Å². The summed E-state index contributed by atoms with van der Waals surface area (Å²) in [6.45, 7) is 1.81. The van der Waals surface area contributed by atoms with Gasteiger partial charge in [-0.3, -0.25) is 5.32 Å². The van der Waals surface area contributed by atoms with Crippen molar-refractivity contribution in [1.82, 2.24) is 10.3 Å². The molecule has 2 aromatic rings. The summed E-state index contributed by atoms with van der Waals surface area (Å²) in [5, 5.41) is 15.7. The van der Waals surface area contributed by atoms with Crippen LogP contribution < -0.4 is 10.6 Å². The number of thiazole rings is 1. The molecule has 0 saturated heterocycles. The first kappa shape index (κ1) is 16.7. The lowest BCUT2D eigenvalue weighted by molar-refractivity contribution is 0.222. The van der Waals surface area contributed by atoms with Gasteiger partial charge in [-0.1, -0.05) is 30.7 Å². The number of nitrogens with one attached hydrogen (secondary N) is 2. The van der Waals surface area contributed by atoms with Crippen molar-refractivity contribution in [2.75, 3.05) is 11.9 Å². The molecule has 1 atom stereocenters. The fourth-order valence-electron chi connectivity index (χ4n) is 1.89. The van der Waals surface area contributed by atoms with Gasteiger partial charge in [-0.2, -0.15) is 0 Å². The van der Waals surface area contributed by atoms with Crippen LogP contribution in [0.3, 0.4) is 0 Å². The van der Waals surface area contributed by atoms with E-state index in [4.69, 9.17) is 16.7 Å². The number of nitrogens with zero attached hydrogens (tertiary/aromatic N) is 1. The zero-order chi connectivity index (χ0) is 15.9. The molecule has 118 valence electrons. The molecule has 1 aromatic carbocycles. The van der Waals surface area contributed by atoms with Gasteiger partial charge in [0.1, 0.15) is 0 Å². The Morgan fingerprint density at radius 2 is 2.32 bits per heavy atom. The van der Waals surface area contributed by atoms with Gasteiger partial charge in [-0.15, -0.1) is 11.3 Å². The van der Waals surface area contributed by atoms with Crippen LogP contribution in [0.2, 0.25) is 5.02 Å². The number of hydrogen-bond acceptors (Lipinski definition) is 4. The third kappa shape index (κ3) is 4.98. The van der Waals surface area contributed by atoms with E-state index in [0.29, 0.717) is 16.6 Å². The highest BCUT2D eigenvalue weighted by Crippen LogP contribution is 2.22. The van der Waals surface area contributed by atoms with E-state index >= 15 is 0 Å². The zero-order valence-electron chi connectivity index (χ0n) is 12.2. The summed E-state index contributed by atoms with van der Waals surface area (Å²) in [7, 11) is 0. The third-order valence-electron chi connectivity index (χ3n) is 3.09. The van der Waals surface area contributed by atoms with Gasteiger partial charge in [0.2, 0.25) is 0 Å². The summed E-state index contributed by atoms with van der Waals surface area (Å²) in [6.07, 6.45) is 3.13. The Balaban J connectivity index is 1.92. The molecule has 0 radical (unpaired) electrons. The lowest BCUT2D eigenvalue weighted by Crippen LogP contribution is -2.39. The molecule has 1 unspecified atom stereocenters. The second kappa shape index (κ2) is 8.12. The van der Waals surface area contributed by atoms with E-state index in [9.17, 15) is 4.79 Å². The van der Waals surface area contributed by atoms with Gasteiger partial charge in [-0.05, 0) is 24.1 Å². The van der Waals surface area contributed by atoms with Gasteiger partial charge in [0.05, 0.1) is 12.6 Å². The molecule has 1 aromatic heterocycles. The van der Waals surface area contributed by atoms with Crippen LogP contribution >= 0.6 is 22.9 Å². The SMILES string of the molecule is CCC(CO)NC(=O)Nc1ncc(Cc2cccc(Cl)c2)s1. The molecule has 3 N–H and O–H groups in total. The number of aliphatic hydroxyl groups is 1. The third-order valence-corrected chi connectivity index (χ3v) is 4.24. The lowest BCUT2D eigenvalue weighted by Gasteiger charge is -2.13. The monoisotopic (exact) mass is 339 g/mol. The summed E-state index contributed by atoms with van der Waals surface area (Å²) in [5.74, 6) is 0. The predicted molar refractivity (Wildman–Crippen MR) is 89.7 cm³/mol. The van der Waals surface area contributed by atoms with Crippen LogP contribution in [0.1, 0.15) is 23.8 Å². The maximum Gasteiger partial charge on any atom is 0.321 e. The first-order valence-corrected chi connectivity index (χ1v) is 8.17. The van der Waals surface area contributed by atoms with Gasteiger partial charge in [0.25, 0.3) is 0 Å². The Bertz CT molecular complexity index is 629. The van der Waals surface area contributed by atoms with Crippen LogP contribution in [0.4, 0.5) is 9.93 Å². The van der Waals surface area contributed by atoms with Crippen molar-refractivity contribution >= 4 is 34.1 Å². The van der Waals surface area contributed by atoms with Crippen LogP contribution in [-0.4, -0.2) is 28.8 Å². The van der Waals surface area contributed by atoms with E-state index < -0.39 is 0 Å². The zero-order valence-corrected chi connectivity index (χ0v) is 13.7. The molecule has 0 aliphatic heterocycles. The molecule has 0 spiro atoms. The van der Waals surface area contributed by atoms with Crippen LogP contribution in [0.15, 0.2) is 30.5 Å². The molecule has 7 heteroatoms. The minimum atomic E-state index is -0.357. The topological polar surface area (TPSA) is 74.2 Å². The summed E-state index contributed by atoms with van der Waals surface area (Å²) >= 11 is 7.38. The number of benzene rings is 1. The number of rotatable bonds is 6. The second-order valence-corrected chi connectivity index (χ2v) is 6.38. The molecular weight excluding hydrogens is 322 g/mol. The number of urea groups is 1. The number of aliphatic hydroxyl groups excluding tert-OH is 1. The minimum absolute atomic E-state index is 0.0815. The fourth-order valence-corrected chi connectivity index (χ4v) is 2.95. The number of hydrogen-bond donors (Lipinski definition) is 3. The molecule has 0 fully saturated rings. The van der Waals surface area contributed by atoms with E-state index in [0.717, 1.165) is 16.9 Å². The summed E-state index contributed by atoms with van der Waals surface area (Å²) in [6, 6.07) is 7.05. The highest BCUT2D eigenvalue weighted by atomic mass is 35.5. The van der Waals surface area contributed by atoms with Crippen LogP contribution in [0.25, 0.3) is 0 Å². The average Bonchev–Trinajstić information content (AvgIpc) is 2.91. The molecule has 0 aliphatic rings. The Morgan fingerprint density at radius 1 is 1.50 bits per heavy atom. The van der Waals surface area contributed by atoms with Crippen molar-refractivity contribution < 1.29 is 9.90 Å². The molecule has 0 saturated carbocycles. The van der Waals surface area contributed by atoms with E-state index in [-0.39, 0.29) is 18.7 Å². The van der Waals surface area contributed by atoms with Crippen LogP contribution in [-0.2, 0) is 6.42 Å². The summed E-state index contributed by atoms with van der Waals surface area (Å²) < 4.78 is 0. The molecule has 0 bridgehead atoms. The number of anilines is 1. The Morgan fingerprint density at radius 3 is 3.00 bits per heavy atom. The molecular formula is C15H18ClN3O2S. The number of carbonyl (C=O) groups excluding carboxylic acids is 1. The standard InChI is InChI=1S/C15H18ClN3O2S/c1-2-12(9-20)18-14(21)19-15-17-8-13(22-15)7-10-4-3-5-11(16)6-10/h3-6,8,12,20H,2,7,9H2,1H3,(H2,17,18,19,21). The number of amides is 2. The fraction of sp³-hybridized carbons (Fsp3) is 0.333. The van der Waals surface area contributed by atoms with Crippen molar-refractivity contribution in [3.63, 3.8) is 0 Å². The molecule has 0 aliphatic carbocycles. The normalized spacial score (nSPS) is 12.0. The van der Waals surface area contributed by atoms with Crippen molar-refractivity contribution in [2.24, 2.45) is 0 Å². The molecule has 1 heterocycles. The Hall–Kier alpha value is -1.63. The Kier molecular flexibility index (Phi) is 6.18. The number of carbonyl (C=O) groups is 1. The van der Waals surface area contributed by atoms with Crippen LogP contribution in [0, 0.1) is 0 Å². The van der Waals surface area contributed by atoms with Gasteiger partial charge in [0.15, 0.2) is 5.13 Å². The first-order valence-electron chi connectivity index (χ1n) is 6.98. The molecule has 5 nitrogen and oxygen atoms in total. The van der Waals surface area contributed by atoms with Crippen molar-refractivity contribution in [3.05, 3.63) is 45.9 Å². The van der Waals surface area contributed by atoms with E-state index in [1.807, 2.05) is 31.2 Å². The maximum absolute atomic E-state index is 11.8. The van der Waals surface area contributed by atoms with Crippen molar-refractivity contribution in [3.8, 4) is 0 Å². The highest BCUT2D eigenvalue weighted by molar-refractivity contribution is 7.15. The average molecular weight is 340 g/mol. The lowest BCUT2D eigenvalue weighted by atomic mass is 10.1. The van der Waals surface area contributed by atoms with Gasteiger partial charge < -0.3 is 10.4 Å². The molecule has 2 amide bonds. The molecule has 2 rings (SSSR count). The maximum atomic E-state index is 11.8. The smallest absolute Gasteiger partial charge is 0.321 e. The van der Waals surface area contributed by atoms with E-state index in [1.54, 1.807) is 6.20 Å². The highest BCUT2D eigenvalue weighted by Gasteiger charge is 2.11. The van der Waals surface area contributed by atoms with Gasteiger partial charge in [-0.25, -0.2) is 9.78 Å². The second-order valence-electron chi connectivity index (χ2n) is 4.82. The summed E-state index contributed by atoms with van der Waals surface area (Å²) in [4.78, 5) is 17.0. The predicted octanol–water partition coefficient (Wildman–Crippen LogP) is 3.28.